The second-order valence-electron chi connectivity index (χ2n) is 2.94. The van der Waals surface area contributed by atoms with Crippen molar-refractivity contribution in [1.29, 1.82) is 0 Å². The van der Waals surface area contributed by atoms with Gasteiger partial charge in [0.05, 0.1) is 17.1 Å². The van der Waals surface area contributed by atoms with Crippen LogP contribution in [0.2, 0.25) is 5.02 Å². The Balaban J connectivity index is 3.07. The first-order chi connectivity index (χ1) is 7.04. The number of rotatable bonds is 3. The number of nitrogens with zero attached hydrogens (tertiary/aromatic N) is 1. The van der Waals surface area contributed by atoms with Crippen LogP contribution in [0.15, 0.2) is 23.9 Å². The van der Waals surface area contributed by atoms with Crippen molar-refractivity contribution in [1.82, 2.24) is 0 Å². The van der Waals surface area contributed by atoms with Gasteiger partial charge in [-0.1, -0.05) is 17.7 Å². The predicted octanol–water partition coefficient (Wildman–Crippen LogP) is 2.99. The Kier molecular flexibility index (Phi) is 3.68. The van der Waals surface area contributed by atoms with Gasteiger partial charge >= 0.3 is 0 Å². The van der Waals surface area contributed by atoms with Crippen molar-refractivity contribution in [2.75, 3.05) is 7.11 Å². The van der Waals surface area contributed by atoms with Crippen molar-refractivity contribution >= 4 is 17.7 Å². The maximum atomic E-state index is 10.4. The Bertz CT molecular complexity index is 415. The lowest BCUT2D eigenvalue weighted by molar-refractivity contribution is -0.422. The molecule has 1 aromatic carbocycles. The van der Waals surface area contributed by atoms with Crippen molar-refractivity contribution in [2.24, 2.45) is 0 Å². The zero-order valence-electron chi connectivity index (χ0n) is 8.36. The van der Waals surface area contributed by atoms with E-state index < -0.39 is 4.92 Å². The number of nitro groups is 1. The van der Waals surface area contributed by atoms with Crippen LogP contribution in [0.4, 0.5) is 0 Å². The van der Waals surface area contributed by atoms with Crippen LogP contribution in [0.5, 0.6) is 5.75 Å². The van der Waals surface area contributed by atoms with Crippen LogP contribution in [0.3, 0.4) is 0 Å². The van der Waals surface area contributed by atoms with Crippen LogP contribution in [0, 0.1) is 10.1 Å². The largest absolute Gasteiger partial charge is 0.495 e. The van der Waals surface area contributed by atoms with Gasteiger partial charge in [-0.2, -0.15) is 0 Å². The minimum absolute atomic E-state index is 0.0689. The quantitative estimate of drug-likeness (QED) is 0.589. The highest BCUT2D eigenvalue weighted by atomic mass is 35.5. The van der Waals surface area contributed by atoms with Gasteiger partial charge in [-0.05, 0) is 17.7 Å². The molecule has 0 fully saturated rings. The molecule has 5 heteroatoms. The fraction of sp³-hybridized carbons (Fsp3) is 0.200. The molecule has 0 bridgehead atoms. The van der Waals surface area contributed by atoms with Gasteiger partial charge < -0.3 is 4.74 Å². The second kappa shape index (κ2) is 4.79. The highest BCUT2D eigenvalue weighted by molar-refractivity contribution is 6.32. The normalized spacial score (nSPS) is 11.3. The second-order valence-corrected chi connectivity index (χ2v) is 3.34. The van der Waals surface area contributed by atoms with Gasteiger partial charge in [0.25, 0.3) is 0 Å². The van der Waals surface area contributed by atoms with Crippen molar-refractivity contribution < 1.29 is 9.66 Å². The van der Waals surface area contributed by atoms with E-state index in [4.69, 9.17) is 16.3 Å². The Morgan fingerprint density at radius 2 is 2.27 bits per heavy atom. The Morgan fingerprint density at radius 3 is 2.80 bits per heavy atom. The summed E-state index contributed by atoms with van der Waals surface area (Å²) >= 11 is 5.82. The number of allylic oxidation sites excluding steroid dienone is 1. The third kappa shape index (κ3) is 2.95. The third-order valence-electron chi connectivity index (χ3n) is 1.84. The van der Waals surface area contributed by atoms with E-state index in [2.05, 4.69) is 0 Å². The van der Waals surface area contributed by atoms with E-state index in [-0.39, 0.29) is 5.70 Å². The molecule has 1 rings (SSSR count). The SMILES string of the molecule is COc1cc(/C=C(\C)[N+](=O)[O-])ccc1Cl. The first kappa shape index (κ1) is 11.5. The van der Waals surface area contributed by atoms with Gasteiger partial charge in [0.2, 0.25) is 5.70 Å². The average molecular weight is 228 g/mol. The number of hydrogen-bond acceptors (Lipinski definition) is 3. The van der Waals surface area contributed by atoms with Crippen molar-refractivity contribution in [3.63, 3.8) is 0 Å². The Hall–Kier alpha value is -1.55. The molecule has 1 aromatic rings. The lowest BCUT2D eigenvalue weighted by atomic mass is 10.2. The van der Waals surface area contributed by atoms with Gasteiger partial charge in [0, 0.05) is 13.0 Å². The lowest BCUT2D eigenvalue weighted by Crippen LogP contribution is -1.93. The lowest BCUT2D eigenvalue weighted by Gasteiger charge is -2.03. The van der Waals surface area contributed by atoms with Crippen LogP contribution >= 0.6 is 11.6 Å². The van der Waals surface area contributed by atoms with E-state index >= 15 is 0 Å². The van der Waals surface area contributed by atoms with Gasteiger partial charge in [-0.15, -0.1) is 0 Å². The summed E-state index contributed by atoms with van der Waals surface area (Å²) in [5.41, 5.74) is 0.754. The standard InChI is InChI=1S/C10H10ClNO3/c1-7(12(13)14)5-8-3-4-9(11)10(6-8)15-2/h3-6H,1-2H3/b7-5+. The van der Waals surface area contributed by atoms with Gasteiger partial charge in [0.15, 0.2) is 0 Å². The first-order valence-electron chi connectivity index (χ1n) is 4.21. The first-order valence-corrected chi connectivity index (χ1v) is 4.58. The summed E-state index contributed by atoms with van der Waals surface area (Å²) in [6.45, 7) is 1.43. The molecule has 0 spiro atoms. The van der Waals surface area contributed by atoms with Crippen LogP contribution in [-0.2, 0) is 0 Å². The summed E-state index contributed by atoms with van der Waals surface area (Å²) in [7, 11) is 1.50. The molecule has 4 nitrogen and oxygen atoms in total. The van der Waals surface area contributed by atoms with Gasteiger partial charge in [-0.3, -0.25) is 10.1 Å². The number of hydrogen-bond donors (Lipinski definition) is 0. The molecule has 0 radical (unpaired) electrons. The summed E-state index contributed by atoms with van der Waals surface area (Å²) in [5, 5.41) is 10.9. The van der Waals surface area contributed by atoms with E-state index in [0.717, 1.165) is 0 Å². The number of halogens is 1. The average Bonchev–Trinajstić information content (AvgIpc) is 2.20. The van der Waals surface area contributed by atoms with Crippen molar-refractivity contribution in [2.45, 2.75) is 6.92 Å². The minimum Gasteiger partial charge on any atom is -0.495 e. The molecule has 15 heavy (non-hydrogen) atoms. The highest BCUT2D eigenvalue weighted by Gasteiger charge is 2.04. The zero-order valence-corrected chi connectivity index (χ0v) is 9.12. The van der Waals surface area contributed by atoms with E-state index in [9.17, 15) is 10.1 Å². The van der Waals surface area contributed by atoms with Crippen molar-refractivity contribution in [3.05, 3.63) is 44.6 Å². The molecule has 80 valence electrons. The van der Waals surface area contributed by atoms with E-state index in [1.54, 1.807) is 18.2 Å². The molecule has 0 N–H and O–H groups in total. The predicted molar refractivity (Wildman–Crippen MR) is 58.6 cm³/mol. The number of ether oxygens (including phenoxy) is 1. The molecule has 0 saturated carbocycles. The summed E-state index contributed by atoms with van der Waals surface area (Å²) in [6, 6.07) is 4.98. The summed E-state index contributed by atoms with van der Waals surface area (Å²) in [4.78, 5) is 9.96. The monoisotopic (exact) mass is 227 g/mol. The van der Waals surface area contributed by atoms with E-state index in [1.807, 2.05) is 0 Å². The van der Waals surface area contributed by atoms with E-state index in [1.165, 1.54) is 20.1 Å². The minimum atomic E-state index is -0.443. The third-order valence-corrected chi connectivity index (χ3v) is 2.15. The molecule has 0 aliphatic carbocycles. The maximum Gasteiger partial charge on any atom is 0.243 e. The van der Waals surface area contributed by atoms with Gasteiger partial charge in [-0.25, -0.2) is 0 Å². The van der Waals surface area contributed by atoms with Crippen molar-refractivity contribution in [3.8, 4) is 5.75 Å². The molecule has 0 atom stereocenters. The zero-order chi connectivity index (χ0) is 11.4. The van der Waals surface area contributed by atoms with Crippen LogP contribution < -0.4 is 4.74 Å². The molecule has 0 saturated heterocycles. The molecule has 0 aliphatic rings. The van der Waals surface area contributed by atoms with Crippen LogP contribution in [0.1, 0.15) is 12.5 Å². The number of benzene rings is 1. The molecule has 0 unspecified atom stereocenters. The molecule has 0 aromatic heterocycles. The van der Waals surface area contributed by atoms with Crippen LogP contribution in [-0.4, -0.2) is 12.0 Å². The molecular weight excluding hydrogens is 218 g/mol. The van der Waals surface area contributed by atoms with Gasteiger partial charge in [0.1, 0.15) is 5.75 Å². The topological polar surface area (TPSA) is 52.4 Å². The van der Waals surface area contributed by atoms with E-state index in [0.29, 0.717) is 16.3 Å². The van der Waals surface area contributed by atoms with Crippen LogP contribution in [0.25, 0.3) is 6.08 Å². The fourth-order valence-electron chi connectivity index (χ4n) is 1.06. The molecule has 0 aliphatic heterocycles. The fourth-order valence-corrected chi connectivity index (χ4v) is 1.25. The maximum absolute atomic E-state index is 10.4. The molecule has 0 heterocycles. The summed E-state index contributed by atoms with van der Waals surface area (Å²) < 4.78 is 5.00. The smallest absolute Gasteiger partial charge is 0.243 e. The summed E-state index contributed by atoms with van der Waals surface area (Å²) in [5.74, 6) is 0.501. The molecular formula is C10H10ClNO3. The summed E-state index contributed by atoms with van der Waals surface area (Å²) in [6.07, 6.45) is 1.46. The Labute approximate surface area is 92.3 Å². The molecule has 0 amide bonds. The Morgan fingerprint density at radius 1 is 1.60 bits per heavy atom. The highest BCUT2D eigenvalue weighted by Crippen LogP contribution is 2.25. The number of methoxy groups -OCH3 is 1.